The maximum atomic E-state index is 12.5. The van der Waals surface area contributed by atoms with Gasteiger partial charge in [-0.05, 0) is 37.0 Å². The van der Waals surface area contributed by atoms with E-state index in [1.54, 1.807) is 16.9 Å². The highest BCUT2D eigenvalue weighted by molar-refractivity contribution is 6.10. The van der Waals surface area contributed by atoms with Crippen LogP contribution < -0.4 is 4.90 Å². The Balaban J connectivity index is 1.28. The van der Waals surface area contributed by atoms with E-state index < -0.39 is 10.8 Å². The Morgan fingerprint density at radius 3 is 2.73 bits per heavy atom. The van der Waals surface area contributed by atoms with Gasteiger partial charge in [0.1, 0.15) is 17.3 Å². The van der Waals surface area contributed by atoms with Crippen molar-refractivity contribution in [1.82, 2.24) is 19.6 Å². The Kier molecular flexibility index (Phi) is 4.16. The van der Waals surface area contributed by atoms with Crippen molar-refractivity contribution in [3.63, 3.8) is 0 Å². The van der Waals surface area contributed by atoms with E-state index in [4.69, 9.17) is 4.98 Å². The normalized spacial score (nSPS) is 23.9. The van der Waals surface area contributed by atoms with E-state index in [2.05, 4.69) is 33.2 Å². The fourth-order valence-electron chi connectivity index (χ4n) is 5.72. The van der Waals surface area contributed by atoms with Crippen LogP contribution in [0.15, 0.2) is 30.6 Å². The lowest BCUT2D eigenvalue weighted by molar-refractivity contribution is -0.125. The molecule has 2 aromatic heterocycles. The Morgan fingerprint density at radius 1 is 1.09 bits per heavy atom. The lowest BCUT2D eigenvalue weighted by atomic mass is 9.84. The monoisotopic (exact) mass is 443 g/mol. The molecule has 1 aromatic carbocycles. The van der Waals surface area contributed by atoms with E-state index in [9.17, 15) is 14.4 Å². The number of hydrogen-bond donors (Lipinski definition) is 0. The summed E-state index contributed by atoms with van der Waals surface area (Å²) >= 11 is 0. The lowest BCUT2D eigenvalue weighted by Crippen LogP contribution is -2.31. The van der Waals surface area contributed by atoms with E-state index >= 15 is 0 Å². The molecule has 3 aromatic rings. The van der Waals surface area contributed by atoms with Crippen LogP contribution in [-0.4, -0.2) is 50.0 Å². The molecule has 8 nitrogen and oxygen atoms in total. The van der Waals surface area contributed by atoms with Gasteiger partial charge in [0, 0.05) is 50.2 Å². The van der Waals surface area contributed by atoms with E-state index in [0.717, 1.165) is 16.7 Å². The Morgan fingerprint density at radius 2 is 1.94 bits per heavy atom. The van der Waals surface area contributed by atoms with Crippen molar-refractivity contribution >= 4 is 28.8 Å². The van der Waals surface area contributed by atoms with Crippen LogP contribution in [-0.2, 0) is 32.6 Å². The maximum Gasteiger partial charge on any atom is 0.198 e. The molecular weight excluding hydrogens is 418 g/mol. The van der Waals surface area contributed by atoms with Crippen molar-refractivity contribution in [2.75, 3.05) is 18.0 Å². The first-order valence-corrected chi connectivity index (χ1v) is 11.4. The number of hydrogen-bond acceptors (Lipinski definition) is 7. The van der Waals surface area contributed by atoms with Gasteiger partial charge in [0.05, 0.1) is 11.8 Å². The van der Waals surface area contributed by atoms with E-state index in [-0.39, 0.29) is 23.8 Å². The maximum absolute atomic E-state index is 12.5. The van der Waals surface area contributed by atoms with Gasteiger partial charge in [-0.2, -0.15) is 5.10 Å². The number of carbonyl (C=O) groups excluding carboxylic acids is 3. The average Bonchev–Trinajstić information content (AvgIpc) is 3.48. The van der Waals surface area contributed by atoms with Gasteiger partial charge in [0.15, 0.2) is 17.3 Å². The van der Waals surface area contributed by atoms with Gasteiger partial charge in [0.25, 0.3) is 0 Å². The molecule has 0 unspecified atom stereocenters. The summed E-state index contributed by atoms with van der Waals surface area (Å²) in [5.41, 5.74) is 2.93. The SMILES string of the molecule is CC1(C)C(=O)Cc2cc(Cc3nc4c(N5CC[C@@]6(CC(=O)CC6=O)C5)nccn4n3)ccc21. The number of Topliss-reactive ketones (excluding diaryl/α,β-unsaturated/α-hetero) is 3. The van der Waals surface area contributed by atoms with Gasteiger partial charge in [-0.1, -0.05) is 18.2 Å². The number of benzene rings is 1. The summed E-state index contributed by atoms with van der Waals surface area (Å²) in [4.78, 5) is 48.1. The third-order valence-electron chi connectivity index (χ3n) is 7.67. The van der Waals surface area contributed by atoms with Crippen LogP contribution in [0.1, 0.15) is 55.6 Å². The minimum Gasteiger partial charge on any atom is -0.352 e. The number of anilines is 1. The molecule has 33 heavy (non-hydrogen) atoms. The average molecular weight is 444 g/mol. The number of nitrogens with zero attached hydrogens (tertiary/aromatic N) is 5. The summed E-state index contributed by atoms with van der Waals surface area (Å²) in [5.74, 6) is 1.72. The molecule has 168 valence electrons. The van der Waals surface area contributed by atoms with Crippen LogP contribution in [0.4, 0.5) is 5.82 Å². The summed E-state index contributed by atoms with van der Waals surface area (Å²) in [6.45, 7) is 5.14. The highest BCUT2D eigenvalue weighted by Crippen LogP contribution is 2.42. The predicted octanol–water partition coefficient (Wildman–Crippen LogP) is 2.25. The van der Waals surface area contributed by atoms with Crippen molar-refractivity contribution in [1.29, 1.82) is 0 Å². The van der Waals surface area contributed by atoms with Gasteiger partial charge in [0.2, 0.25) is 0 Å². The zero-order chi connectivity index (χ0) is 23.0. The lowest BCUT2D eigenvalue weighted by Gasteiger charge is -2.22. The molecule has 2 aliphatic carbocycles. The highest BCUT2D eigenvalue weighted by Gasteiger charge is 2.50. The fraction of sp³-hybridized carbons (Fsp3) is 0.440. The van der Waals surface area contributed by atoms with E-state index in [1.807, 2.05) is 13.8 Å². The molecular formula is C25H25N5O3. The standard InChI is InChI=1S/C25H25N5O3/c1-24(2)18-4-3-15(9-16(18)11-19(24)32)10-21-27-23-22(26-6-8-30(23)28-21)29-7-5-25(14-29)13-17(31)12-20(25)33/h3-4,6,8-9H,5,7,10-14H2,1-2H3/t25-/m1/s1. The Bertz CT molecular complexity index is 1360. The minimum atomic E-state index is -0.565. The molecule has 1 saturated heterocycles. The topological polar surface area (TPSA) is 97.5 Å². The van der Waals surface area contributed by atoms with Crippen LogP contribution in [0.2, 0.25) is 0 Å². The van der Waals surface area contributed by atoms with Crippen molar-refractivity contribution in [2.24, 2.45) is 5.41 Å². The second kappa shape index (κ2) is 6.79. The largest absolute Gasteiger partial charge is 0.352 e. The zero-order valence-electron chi connectivity index (χ0n) is 18.8. The molecule has 0 N–H and O–H groups in total. The second-order valence-electron chi connectivity index (χ2n) is 10.2. The molecule has 0 bridgehead atoms. The summed E-state index contributed by atoms with van der Waals surface area (Å²) in [7, 11) is 0. The van der Waals surface area contributed by atoms with Crippen LogP contribution in [0, 0.1) is 5.41 Å². The first-order valence-electron chi connectivity index (χ1n) is 11.4. The summed E-state index contributed by atoms with van der Waals surface area (Å²) in [6, 6.07) is 6.21. The number of rotatable bonds is 3. The summed E-state index contributed by atoms with van der Waals surface area (Å²) in [6.07, 6.45) is 5.56. The quantitative estimate of drug-likeness (QED) is 0.573. The van der Waals surface area contributed by atoms with E-state index in [0.29, 0.717) is 56.1 Å². The molecule has 8 heteroatoms. The summed E-state index contributed by atoms with van der Waals surface area (Å²) < 4.78 is 1.73. The van der Waals surface area contributed by atoms with Crippen LogP contribution in [0.3, 0.4) is 0 Å². The molecule has 0 amide bonds. The fourth-order valence-corrected chi connectivity index (χ4v) is 5.72. The molecule has 1 atom stereocenters. The smallest absolute Gasteiger partial charge is 0.198 e. The van der Waals surface area contributed by atoms with Crippen molar-refractivity contribution < 1.29 is 14.4 Å². The number of fused-ring (bicyclic) bond motifs is 2. The molecule has 3 aliphatic rings. The van der Waals surface area contributed by atoms with E-state index in [1.165, 1.54) is 0 Å². The molecule has 3 heterocycles. The minimum absolute atomic E-state index is 0.0391. The molecule has 1 spiro atoms. The predicted molar refractivity (Wildman–Crippen MR) is 120 cm³/mol. The van der Waals surface area contributed by atoms with Crippen molar-refractivity contribution in [3.8, 4) is 0 Å². The molecule has 6 rings (SSSR count). The van der Waals surface area contributed by atoms with Crippen molar-refractivity contribution in [2.45, 2.75) is 51.4 Å². The third kappa shape index (κ3) is 3.03. The molecule has 1 aliphatic heterocycles. The van der Waals surface area contributed by atoms with Gasteiger partial charge >= 0.3 is 0 Å². The van der Waals surface area contributed by atoms with Gasteiger partial charge < -0.3 is 4.90 Å². The second-order valence-corrected chi connectivity index (χ2v) is 10.2. The van der Waals surface area contributed by atoms with Crippen LogP contribution in [0.5, 0.6) is 0 Å². The van der Waals surface area contributed by atoms with Gasteiger partial charge in [-0.25, -0.2) is 14.5 Å². The van der Waals surface area contributed by atoms with Crippen molar-refractivity contribution in [3.05, 3.63) is 53.1 Å². The zero-order valence-corrected chi connectivity index (χ0v) is 18.8. The Labute approximate surface area is 191 Å². The van der Waals surface area contributed by atoms with Crippen LogP contribution >= 0.6 is 0 Å². The first kappa shape index (κ1) is 20.2. The third-order valence-corrected chi connectivity index (χ3v) is 7.67. The Hall–Kier alpha value is -3.42. The first-order chi connectivity index (χ1) is 15.7. The van der Waals surface area contributed by atoms with Crippen LogP contribution in [0.25, 0.3) is 5.65 Å². The molecule has 1 saturated carbocycles. The van der Waals surface area contributed by atoms with Gasteiger partial charge in [-0.3, -0.25) is 14.4 Å². The molecule has 0 radical (unpaired) electrons. The molecule has 2 fully saturated rings. The highest BCUT2D eigenvalue weighted by atomic mass is 16.2. The number of carbonyl (C=O) groups is 3. The number of aromatic nitrogens is 4. The van der Waals surface area contributed by atoms with Gasteiger partial charge in [-0.15, -0.1) is 0 Å². The number of ketones is 3. The summed E-state index contributed by atoms with van der Waals surface area (Å²) in [5, 5.41) is 4.64.